The molecule has 2 N–H and O–H groups in total. The Labute approximate surface area is 292 Å². The number of amides is 2. The third kappa shape index (κ3) is 28.0. The number of ether oxygens (including phenoxy) is 2. The van der Waals surface area contributed by atoms with E-state index in [1.54, 1.807) is 0 Å². The van der Waals surface area contributed by atoms with E-state index < -0.39 is 6.04 Å². The highest BCUT2D eigenvalue weighted by Crippen LogP contribution is 2.13. The van der Waals surface area contributed by atoms with Gasteiger partial charge >= 0.3 is 5.97 Å². The minimum atomic E-state index is -0.587. The number of carbonyl (C=O) groups is 3. The lowest BCUT2D eigenvalue weighted by Crippen LogP contribution is -2.47. The highest BCUT2D eigenvalue weighted by Gasteiger charge is 2.21. The Morgan fingerprint density at radius 2 is 1.45 bits per heavy atom. The molecule has 1 aliphatic heterocycles. The van der Waals surface area contributed by atoms with Crippen molar-refractivity contribution in [3.63, 3.8) is 0 Å². The van der Waals surface area contributed by atoms with Gasteiger partial charge in [-0.05, 0) is 57.2 Å². The van der Waals surface area contributed by atoms with Crippen LogP contribution in [0.15, 0.2) is 12.2 Å². The van der Waals surface area contributed by atoms with Crippen molar-refractivity contribution in [2.24, 2.45) is 0 Å². The Kier molecular flexibility index (Phi) is 30.4. The van der Waals surface area contributed by atoms with Crippen LogP contribution < -0.4 is 10.6 Å². The van der Waals surface area contributed by atoms with Crippen LogP contribution in [-0.2, 0) is 23.9 Å². The molecule has 0 aromatic heterocycles. The van der Waals surface area contributed by atoms with Crippen LogP contribution >= 0.6 is 11.8 Å². The van der Waals surface area contributed by atoms with E-state index in [4.69, 9.17) is 9.47 Å². The van der Waals surface area contributed by atoms with Gasteiger partial charge in [0.05, 0.1) is 25.6 Å². The molecule has 1 heterocycles. The molecule has 1 atom stereocenters. The number of nitrogens with one attached hydrogen (secondary N) is 2. The molecule has 0 radical (unpaired) electrons. The largest absolute Gasteiger partial charge is 0.465 e. The summed E-state index contributed by atoms with van der Waals surface area (Å²) in [6.45, 7) is 9.79. The molecule has 2 amide bonds. The number of rotatable bonds is 32. The average Bonchev–Trinajstić information content (AvgIpc) is 3.08. The maximum Gasteiger partial charge on any atom is 0.315 e. The van der Waals surface area contributed by atoms with E-state index in [1.165, 1.54) is 82.4 Å². The SMILES string of the molecule is CC/C=C\CCCCCCCC(=O)NC(CCSCC(=O)OCCCCCCCCCCCCC)C(=O)NCCCN1CCOCC1. The molecule has 0 aromatic rings. The molecule has 9 heteroatoms. The third-order valence-corrected chi connectivity index (χ3v) is 9.63. The predicted octanol–water partition coefficient (Wildman–Crippen LogP) is 7.98. The summed E-state index contributed by atoms with van der Waals surface area (Å²) in [7, 11) is 0. The zero-order valence-electron chi connectivity index (χ0n) is 30.3. The third-order valence-electron chi connectivity index (χ3n) is 8.66. The number of hydrogen-bond acceptors (Lipinski definition) is 7. The van der Waals surface area contributed by atoms with Gasteiger partial charge in [0.1, 0.15) is 6.04 Å². The summed E-state index contributed by atoms with van der Waals surface area (Å²) in [5.74, 6) is 0.470. The van der Waals surface area contributed by atoms with Crippen molar-refractivity contribution < 1.29 is 23.9 Å². The highest BCUT2D eigenvalue weighted by molar-refractivity contribution is 7.99. The van der Waals surface area contributed by atoms with E-state index in [-0.39, 0.29) is 23.5 Å². The zero-order chi connectivity index (χ0) is 34.0. The number of morpholine rings is 1. The summed E-state index contributed by atoms with van der Waals surface area (Å²) in [5, 5.41) is 6.01. The summed E-state index contributed by atoms with van der Waals surface area (Å²) in [5.41, 5.74) is 0. The smallest absolute Gasteiger partial charge is 0.315 e. The molecule has 8 nitrogen and oxygen atoms in total. The van der Waals surface area contributed by atoms with Gasteiger partial charge in [0.2, 0.25) is 11.8 Å². The topological polar surface area (TPSA) is 97.0 Å². The van der Waals surface area contributed by atoms with Crippen LogP contribution in [0.3, 0.4) is 0 Å². The van der Waals surface area contributed by atoms with Gasteiger partial charge in [-0.25, -0.2) is 0 Å². The lowest BCUT2D eigenvalue weighted by molar-refractivity contribution is -0.140. The molecule has 0 spiro atoms. The Morgan fingerprint density at radius 1 is 0.809 bits per heavy atom. The van der Waals surface area contributed by atoms with Gasteiger partial charge < -0.3 is 20.1 Å². The monoisotopic (exact) mass is 682 g/mol. The maximum atomic E-state index is 13.1. The summed E-state index contributed by atoms with van der Waals surface area (Å²) >= 11 is 1.47. The first-order valence-corrected chi connectivity index (χ1v) is 20.5. The summed E-state index contributed by atoms with van der Waals surface area (Å²) in [4.78, 5) is 40.4. The molecular formula is C38H71N3O5S. The molecule has 47 heavy (non-hydrogen) atoms. The summed E-state index contributed by atoms with van der Waals surface area (Å²) in [6.07, 6.45) is 27.8. The number of allylic oxidation sites excluding steroid dienone is 2. The van der Waals surface area contributed by atoms with Crippen molar-refractivity contribution in [3.05, 3.63) is 12.2 Å². The number of carbonyl (C=O) groups excluding carboxylic acids is 3. The second-order valence-corrected chi connectivity index (χ2v) is 14.1. The molecular weight excluding hydrogens is 611 g/mol. The predicted molar refractivity (Wildman–Crippen MR) is 198 cm³/mol. The van der Waals surface area contributed by atoms with Crippen LogP contribution in [0.5, 0.6) is 0 Å². The van der Waals surface area contributed by atoms with Crippen molar-refractivity contribution in [2.45, 2.75) is 155 Å². The minimum absolute atomic E-state index is 0.0688. The van der Waals surface area contributed by atoms with Gasteiger partial charge in [0, 0.05) is 26.1 Å². The van der Waals surface area contributed by atoms with Gasteiger partial charge in [-0.15, -0.1) is 0 Å². The quantitative estimate of drug-likeness (QED) is 0.0422. The fourth-order valence-electron chi connectivity index (χ4n) is 5.71. The van der Waals surface area contributed by atoms with E-state index in [0.717, 1.165) is 84.2 Å². The fraction of sp³-hybridized carbons (Fsp3) is 0.868. The van der Waals surface area contributed by atoms with Crippen molar-refractivity contribution in [1.82, 2.24) is 15.5 Å². The highest BCUT2D eigenvalue weighted by atomic mass is 32.2. The lowest BCUT2D eigenvalue weighted by atomic mass is 10.1. The molecule has 1 saturated heterocycles. The lowest BCUT2D eigenvalue weighted by Gasteiger charge is -2.26. The van der Waals surface area contributed by atoms with Gasteiger partial charge in [0.25, 0.3) is 0 Å². The number of hydrogen-bond donors (Lipinski definition) is 2. The van der Waals surface area contributed by atoms with Crippen LogP contribution in [0.25, 0.3) is 0 Å². The molecule has 0 aliphatic carbocycles. The Hall–Kier alpha value is -1.58. The maximum absolute atomic E-state index is 13.1. The van der Waals surface area contributed by atoms with Gasteiger partial charge in [-0.2, -0.15) is 11.8 Å². The summed E-state index contributed by atoms with van der Waals surface area (Å²) < 4.78 is 10.8. The number of esters is 1. The van der Waals surface area contributed by atoms with Crippen molar-refractivity contribution in [1.29, 1.82) is 0 Å². The van der Waals surface area contributed by atoms with E-state index in [2.05, 4.69) is 41.5 Å². The normalized spacial score (nSPS) is 14.3. The molecule has 0 saturated carbocycles. The standard InChI is InChI=1S/C38H71N3O5S/c1-3-5-7-9-11-13-14-16-18-20-22-30-46-37(43)34-47-33-25-35(38(44)39-26-23-27-41-28-31-45-32-29-41)40-36(42)24-21-19-17-15-12-10-8-6-4-2/h6,8,35H,3-5,7,9-34H2,1-2H3,(H,39,44)(H,40,42)/b8-6-. The van der Waals surface area contributed by atoms with Crippen LogP contribution in [-0.4, -0.2) is 86.2 Å². The van der Waals surface area contributed by atoms with Crippen LogP contribution in [0, 0.1) is 0 Å². The molecule has 1 aliphatic rings. The van der Waals surface area contributed by atoms with Crippen molar-refractivity contribution in [3.8, 4) is 0 Å². The molecule has 1 unspecified atom stereocenters. The molecule has 274 valence electrons. The van der Waals surface area contributed by atoms with E-state index in [9.17, 15) is 14.4 Å². The van der Waals surface area contributed by atoms with E-state index in [1.807, 2.05) is 0 Å². The van der Waals surface area contributed by atoms with Gasteiger partial charge in [-0.3, -0.25) is 19.3 Å². The van der Waals surface area contributed by atoms with Crippen LogP contribution in [0.4, 0.5) is 0 Å². The number of unbranched alkanes of at least 4 members (excludes halogenated alkanes) is 15. The number of nitrogens with zero attached hydrogens (tertiary/aromatic N) is 1. The molecule has 1 rings (SSSR count). The van der Waals surface area contributed by atoms with Crippen molar-refractivity contribution >= 4 is 29.5 Å². The molecule has 0 aromatic carbocycles. The average molecular weight is 682 g/mol. The van der Waals surface area contributed by atoms with Crippen molar-refractivity contribution in [2.75, 3.05) is 57.5 Å². The first-order chi connectivity index (χ1) is 23.1. The second-order valence-electron chi connectivity index (χ2n) is 13.0. The minimum Gasteiger partial charge on any atom is -0.465 e. The zero-order valence-corrected chi connectivity index (χ0v) is 31.2. The van der Waals surface area contributed by atoms with E-state index in [0.29, 0.717) is 31.7 Å². The molecule has 0 bridgehead atoms. The fourth-order valence-corrected chi connectivity index (χ4v) is 6.51. The van der Waals surface area contributed by atoms with Gasteiger partial charge in [0.15, 0.2) is 0 Å². The summed E-state index contributed by atoms with van der Waals surface area (Å²) in [6, 6.07) is -0.587. The first kappa shape index (κ1) is 43.4. The Bertz CT molecular complexity index is 791. The Balaban J connectivity index is 2.25. The van der Waals surface area contributed by atoms with Gasteiger partial charge in [-0.1, -0.05) is 109 Å². The second kappa shape index (κ2) is 32.9. The van der Waals surface area contributed by atoms with Crippen LogP contribution in [0.1, 0.15) is 149 Å². The first-order valence-electron chi connectivity index (χ1n) is 19.3. The van der Waals surface area contributed by atoms with E-state index >= 15 is 0 Å². The molecule has 1 fully saturated rings. The number of thioether (sulfide) groups is 1. The Morgan fingerprint density at radius 3 is 2.13 bits per heavy atom. The van der Waals surface area contributed by atoms with Crippen LogP contribution in [0.2, 0.25) is 0 Å².